The van der Waals surface area contributed by atoms with Crippen LogP contribution in [0.3, 0.4) is 0 Å². The van der Waals surface area contributed by atoms with Crippen molar-refractivity contribution in [2.24, 2.45) is 5.41 Å². The Morgan fingerprint density at radius 1 is 1.11 bits per heavy atom. The van der Waals surface area contributed by atoms with Gasteiger partial charge in [-0.3, -0.25) is 0 Å². The smallest absolute Gasteiger partial charge is 0.0361 e. The lowest BCUT2D eigenvalue weighted by molar-refractivity contribution is -0.190. The molecule has 0 aromatic rings. The zero-order valence-corrected chi connectivity index (χ0v) is 12.1. The molecule has 0 aromatic carbocycles. The lowest BCUT2D eigenvalue weighted by atomic mass is 9.61. The molecule has 2 heterocycles. The normalized spacial score (nSPS) is 28.5. The van der Waals surface area contributed by atoms with Crippen LogP contribution < -0.4 is 5.32 Å². The van der Waals surface area contributed by atoms with Crippen molar-refractivity contribution in [3.05, 3.63) is 0 Å². The maximum atomic E-state index is 12.7. The van der Waals surface area contributed by atoms with Crippen LogP contribution in [-0.2, 0) is 0 Å². The zero-order chi connectivity index (χ0) is 13.2. The lowest BCUT2D eigenvalue weighted by Crippen LogP contribution is -2.65. The highest BCUT2D eigenvalue weighted by atomic mass is 19.2. The van der Waals surface area contributed by atoms with Crippen molar-refractivity contribution in [1.82, 2.24) is 15.3 Å². The molecule has 1 N–H and O–H groups in total. The first kappa shape index (κ1) is 14.2. The molecule has 0 radical (unpaired) electrons. The SMILES string of the molecule is CC.CN(C1CCNCC1)C1CC2(C1)CN(F)C2. The first-order valence-corrected chi connectivity index (χ1v) is 7.52. The molecule has 0 amide bonds. The van der Waals surface area contributed by atoms with Crippen LogP contribution in [0.15, 0.2) is 0 Å². The Labute approximate surface area is 111 Å². The Morgan fingerprint density at radius 3 is 2.17 bits per heavy atom. The number of piperidine rings is 1. The van der Waals surface area contributed by atoms with E-state index in [1.165, 1.54) is 25.7 Å². The molecule has 106 valence electrons. The molecule has 3 nitrogen and oxygen atoms in total. The first-order valence-electron chi connectivity index (χ1n) is 7.52. The van der Waals surface area contributed by atoms with E-state index in [0.717, 1.165) is 30.3 Å². The number of nitrogens with zero attached hydrogens (tertiary/aromatic N) is 2. The lowest BCUT2D eigenvalue weighted by Gasteiger charge is -2.59. The Balaban J connectivity index is 0.000000574. The topological polar surface area (TPSA) is 18.5 Å². The predicted molar refractivity (Wildman–Crippen MR) is 73.1 cm³/mol. The largest absolute Gasteiger partial charge is 0.317 e. The van der Waals surface area contributed by atoms with Gasteiger partial charge in [0.1, 0.15) is 0 Å². The summed E-state index contributed by atoms with van der Waals surface area (Å²) in [6.45, 7) is 7.68. The minimum absolute atomic E-state index is 0.362. The van der Waals surface area contributed by atoms with Crippen LogP contribution in [0.5, 0.6) is 0 Å². The molecule has 1 spiro atoms. The second-order valence-corrected chi connectivity index (χ2v) is 5.99. The molecular formula is C14H28FN3. The summed E-state index contributed by atoms with van der Waals surface area (Å²) in [6, 6.07) is 1.47. The van der Waals surface area contributed by atoms with Crippen LogP contribution in [0.2, 0.25) is 0 Å². The van der Waals surface area contributed by atoms with Gasteiger partial charge in [-0.1, -0.05) is 13.8 Å². The predicted octanol–water partition coefficient (Wildman–Crippen LogP) is 2.05. The van der Waals surface area contributed by atoms with E-state index in [1.54, 1.807) is 0 Å². The van der Waals surface area contributed by atoms with Crippen LogP contribution in [0.4, 0.5) is 4.48 Å². The molecule has 1 saturated carbocycles. The Kier molecular flexibility index (Phi) is 4.62. The van der Waals surface area contributed by atoms with Gasteiger partial charge in [-0.25, -0.2) is 0 Å². The Bertz CT molecular complexity index is 252. The van der Waals surface area contributed by atoms with Crippen molar-refractivity contribution < 1.29 is 4.48 Å². The van der Waals surface area contributed by atoms with Crippen molar-refractivity contribution in [1.29, 1.82) is 0 Å². The summed E-state index contributed by atoms with van der Waals surface area (Å²) in [6.07, 6.45) is 4.98. The average Bonchev–Trinajstić information content (AvgIpc) is 2.35. The number of halogens is 1. The third-order valence-corrected chi connectivity index (χ3v) is 4.81. The molecule has 1 aliphatic carbocycles. The van der Waals surface area contributed by atoms with Crippen LogP contribution in [0.25, 0.3) is 0 Å². The van der Waals surface area contributed by atoms with Gasteiger partial charge in [0.15, 0.2) is 0 Å². The third-order valence-electron chi connectivity index (χ3n) is 4.81. The van der Waals surface area contributed by atoms with Gasteiger partial charge in [-0.05, 0) is 45.8 Å². The highest BCUT2D eigenvalue weighted by Crippen LogP contribution is 2.50. The summed E-state index contributed by atoms with van der Waals surface area (Å²) >= 11 is 0. The van der Waals surface area contributed by atoms with Gasteiger partial charge in [0.2, 0.25) is 0 Å². The van der Waals surface area contributed by atoms with E-state index in [-0.39, 0.29) is 0 Å². The Morgan fingerprint density at radius 2 is 1.67 bits per heavy atom. The van der Waals surface area contributed by atoms with Crippen molar-refractivity contribution >= 4 is 0 Å². The quantitative estimate of drug-likeness (QED) is 0.764. The summed E-state index contributed by atoms with van der Waals surface area (Å²) in [7, 11) is 2.26. The van der Waals surface area contributed by atoms with Gasteiger partial charge in [0.05, 0.1) is 0 Å². The highest BCUT2D eigenvalue weighted by Gasteiger charge is 2.54. The van der Waals surface area contributed by atoms with E-state index >= 15 is 0 Å². The number of hydrogen-bond donors (Lipinski definition) is 1. The van der Waals surface area contributed by atoms with E-state index in [2.05, 4.69) is 17.3 Å². The first-order chi connectivity index (χ1) is 8.69. The molecule has 0 atom stereocenters. The standard InChI is InChI=1S/C12H22FN3.C2H6/c1-15(10-2-4-14-5-3-10)11-6-12(7-11)8-16(13)9-12;1-2/h10-11,14H,2-9H2,1H3;1-2H3. The van der Waals surface area contributed by atoms with Gasteiger partial charge >= 0.3 is 0 Å². The second kappa shape index (κ2) is 5.85. The summed E-state index contributed by atoms with van der Waals surface area (Å²) in [4.78, 5) is 2.56. The zero-order valence-electron chi connectivity index (χ0n) is 12.1. The van der Waals surface area contributed by atoms with E-state index in [0.29, 0.717) is 18.5 Å². The van der Waals surface area contributed by atoms with Gasteiger partial charge < -0.3 is 10.2 Å². The third kappa shape index (κ3) is 2.70. The molecule has 3 rings (SSSR count). The molecule has 18 heavy (non-hydrogen) atoms. The molecule has 3 aliphatic rings. The minimum atomic E-state index is 0.362. The monoisotopic (exact) mass is 257 g/mol. The fourth-order valence-electron chi connectivity index (χ4n) is 3.68. The minimum Gasteiger partial charge on any atom is -0.317 e. The van der Waals surface area contributed by atoms with Crippen molar-refractivity contribution in [2.45, 2.75) is 51.6 Å². The fraction of sp³-hybridized carbons (Fsp3) is 1.00. The van der Waals surface area contributed by atoms with Gasteiger partial charge in [0, 0.05) is 30.6 Å². The van der Waals surface area contributed by atoms with Crippen molar-refractivity contribution in [2.75, 3.05) is 33.2 Å². The van der Waals surface area contributed by atoms with Crippen molar-refractivity contribution in [3.8, 4) is 0 Å². The van der Waals surface area contributed by atoms with Gasteiger partial charge in [0.25, 0.3) is 0 Å². The summed E-state index contributed by atoms with van der Waals surface area (Å²) < 4.78 is 12.7. The number of nitrogens with one attached hydrogen (secondary N) is 1. The molecule has 2 saturated heterocycles. The summed E-state index contributed by atoms with van der Waals surface area (Å²) in [5.74, 6) is 0. The van der Waals surface area contributed by atoms with E-state index < -0.39 is 0 Å². The van der Waals surface area contributed by atoms with Gasteiger partial charge in [-0.2, -0.15) is 0 Å². The molecule has 0 bridgehead atoms. The molecule has 0 aromatic heterocycles. The van der Waals surface area contributed by atoms with E-state index in [4.69, 9.17) is 0 Å². The fourth-order valence-corrected chi connectivity index (χ4v) is 3.68. The van der Waals surface area contributed by atoms with Gasteiger partial charge in [-0.15, -0.1) is 9.60 Å². The van der Waals surface area contributed by atoms with Crippen LogP contribution >= 0.6 is 0 Å². The van der Waals surface area contributed by atoms with Crippen LogP contribution in [0, 0.1) is 5.41 Å². The molecular weight excluding hydrogens is 229 g/mol. The molecule has 4 heteroatoms. The number of hydrogen-bond acceptors (Lipinski definition) is 3. The van der Waals surface area contributed by atoms with Crippen LogP contribution in [0.1, 0.15) is 39.5 Å². The summed E-state index contributed by atoms with van der Waals surface area (Å²) in [5.41, 5.74) is 0.362. The second-order valence-electron chi connectivity index (χ2n) is 5.99. The summed E-state index contributed by atoms with van der Waals surface area (Å²) in [5, 5.41) is 4.37. The molecule has 2 aliphatic heterocycles. The van der Waals surface area contributed by atoms with E-state index in [9.17, 15) is 4.48 Å². The average molecular weight is 257 g/mol. The van der Waals surface area contributed by atoms with Crippen LogP contribution in [-0.4, -0.2) is 55.3 Å². The highest BCUT2D eigenvalue weighted by molar-refractivity contribution is 5.06. The Hall–Kier alpha value is -0.190. The maximum absolute atomic E-state index is 12.7. The van der Waals surface area contributed by atoms with Crippen molar-refractivity contribution in [3.63, 3.8) is 0 Å². The molecule has 3 fully saturated rings. The maximum Gasteiger partial charge on any atom is 0.0361 e. The molecule has 0 unspecified atom stereocenters. The number of rotatable bonds is 2. The van der Waals surface area contributed by atoms with E-state index in [1.807, 2.05) is 13.8 Å².